The minimum Gasteiger partial charge on any atom is -0.321 e. The number of amides is 2. The fourth-order valence-corrected chi connectivity index (χ4v) is 5.45. The van der Waals surface area contributed by atoms with Crippen molar-refractivity contribution < 1.29 is 9.59 Å². The van der Waals surface area contributed by atoms with Gasteiger partial charge in [0.2, 0.25) is 5.91 Å². The van der Waals surface area contributed by atoms with Crippen LogP contribution in [-0.2, 0) is 16.0 Å². The second-order valence-corrected chi connectivity index (χ2v) is 10.1. The summed E-state index contributed by atoms with van der Waals surface area (Å²) >= 11 is 13.7. The molecule has 1 aliphatic rings. The molecule has 4 rings (SSSR count). The van der Waals surface area contributed by atoms with E-state index in [0.717, 1.165) is 16.7 Å². The Hall–Kier alpha value is -3.24. The van der Waals surface area contributed by atoms with Crippen LogP contribution in [0.25, 0.3) is 0 Å². The highest BCUT2D eigenvalue weighted by Gasteiger charge is 2.41. The molecule has 0 radical (unpaired) electrons. The molecule has 8 heteroatoms. The van der Waals surface area contributed by atoms with Crippen LogP contribution in [0, 0.1) is 25.2 Å². The molecule has 1 heterocycles. The molecule has 3 aromatic carbocycles. The third kappa shape index (κ3) is 5.23. The minimum atomic E-state index is -0.585. The number of carbonyl (C=O) groups is 2. The zero-order valence-corrected chi connectivity index (χ0v) is 21.3. The largest absolute Gasteiger partial charge is 0.321 e. The molecule has 0 unspecified atom stereocenters. The predicted octanol–water partition coefficient (Wildman–Crippen LogP) is 6.68. The van der Waals surface area contributed by atoms with Crippen LogP contribution >= 0.6 is 35.0 Å². The molecule has 35 heavy (non-hydrogen) atoms. The third-order valence-corrected chi connectivity index (χ3v) is 7.65. The van der Waals surface area contributed by atoms with Crippen LogP contribution in [0.15, 0.2) is 77.3 Å². The van der Waals surface area contributed by atoms with Crippen LogP contribution in [0.3, 0.4) is 0 Å². The smallest absolute Gasteiger partial charge is 0.269 e. The minimum absolute atomic E-state index is 0.132. The first-order chi connectivity index (χ1) is 16.8. The average Bonchev–Trinajstić information content (AvgIpc) is 3.15. The van der Waals surface area contributed by atoms with E-state index in [1.807, 2.05) is 38.1 Å². The molecule has 1 N–H and O–H groups in total. The number of nitriles is 1. The van der Waals surface area contributed by atoms with Crippen molar-refractivity contribution >= 4 is 58.2 Å². The van der Waals surface area contributed by atoms with Gasteiger partial charge in [-0.05, 0) is 73.4 Å². The van der Waals surface area contributed by atoms with Crippen molar-refractivity contribution in [2.45, 2.75) is 25.5 Å². The van der Waals surface area contributed by atoms with E-state index in [4.69, 9.17) is 23.2 Å². The van der Waals surface area contributed by atoms with E-state index < -0.39 is 11.2 Å². The molecule has 0 aliphatic carbocycles. The Morgan fingerprint density at radius 1 is 1.09 bits per heavy atom. The van der Waals surface area contributed by atoms with Gasteiger partial charge in [-0.3, -0.25) is 14.5 Å². The number of carbonyl (C=O) groups excluding carboxylic acids is 2. The maximum absolute atomic E-state index is 13.6. The Bertz CT molecular complexity index is 1380. The average molecular weight is 522 g/mol. The van der Waals surface area contributed by atoms with Gasteiger partial charge in [-0.25, -0.2) is 0 Å². The molecule has 1 aliphatic heterocycles. The van der Waals surface area contributed by atoms with Crippen LogP contribution < -0.4 is 10.2 Å². The maximum atomic E-state index is 13.6. The standard InChI is InChI=1S/C27H21Cl2N3O2S/c1-16-7-6-10-23(17(16)2)31-25(33)21(15-30)27-32(20-8-4-3-5-9-20)26(34)24(35-27)14-18-13-19(28)11-12-22(18)29/h3-13,24H,14H2,1-2H3,(H,31,33)/b27-21+/t24-/m1/s1. The summed E-state index contributed by atoms with van der Waals surface area (Å²) in [5.41, 5.74) is 3.71. The zero-order valence-electron chi connectivity index (χ0n) is 19.0. The molecule has 5 nitrogen and oxygen atoms in total. The first-order valence-corrected chi connectivity index (χ1v) is 12.4. The van der Waals surface area contributed by atoms with Crippen LogP contribution in [-0.4, -0.2) is 17.1 Å². The number of aryl methyl sites for hydroxylation is 1. The van der Waals surface area contributed by atoms with Crippen LogP contribution in [0.4, 0.5) is 11.4 Å². The van der Waals surface area contributed by atoms with Crippen molar-refractivity contribution in [2.75, 3.05) is 10.2 Å². The van der Waals surface area contributed by atoms with Gasteiger partial charge in [0.1, 0.15) is 16.7 Å². The van der Waals surface area contributed by atoms with Gasteiger partial charge in [0.05, 0.1) is 5.25 Å². The highest BCUT2D eigenvalue weighted by molar-refractivity contribution is 8.05. The number of thioether (sulfide) groups is 1. The Morgan fingerprint density at radius 3 is 2.54 bits per heavy atom. The SMILES string of the molecule is Cc1cccc(NC(=O)/C(C#N)=C2/S[C@H](Cc3cc(Cl)ccc3Cl)C(=O)N2c2ccccc2)c1C. The van der Waals surface area contributed by atoms with Gasteiger partial charge in [-0.2, -0.15) is 5.26 Å². The summed E-state index contributed by atoms with van der Waals surface area (Å²) in [6.07, 6.45) is 0.299. The second kappa shape index (κ2) is 10.6. The second-order valence-electron chi connectivity index (χ2n) is 8.05. The predicted molar refractivity (Wildman–Crippen MR) is 143 cm³/mol. The summed E-state index contributed by atoms with van der Waals surface area (Å²) in [6.45, 7) is 3.85. The summed E-state index contributed by atoms with van der Waals surface area (Å²) < 4.78 is 0. The first-order valence-electron chi connectivity index (χ1n) is 10.8. The number of nitrogens with zero attached hydrogens (tertiary/aromatic N) is 2. The highest BCUT2D eigenvalue weighted by atomic mass is 35.5. The number of hydrogen-bond acceptors (Lipinski definition) is 4. The lowest BCUT2D eigenvalue weighted by Gasteiger charge is -2.19. The molecule has 0 saturated carbocycles. The number of anilines is 2. The normalized spacial score (nSPS) is 16.7. The number of halogens is 2. The fraction of sp³-hybridized carbons (Fsp3) is 0.148. The summed E-state index contributed by atoms with van der Waals surface area (Å²) in [6, 6.07) is 21.7. The number of para-hydroxylation sites is 1. The van der Waals surface area contributed by atoms with Crippen LogP contribution in [0.5, 0.6) is 0 Å². The van der Waals surface area contributed by atoms with E-state index in [1.54, 1.807) is 48.5 Å². The number of rotatable bonds is 5. The fourth-order valence-electron chi connectivity index (χ4n) is 3.77. The van der Waals surface area contributed by atoms with Gasteiger partial charge >= 0.3 is 0 Å². The Labute approximate surface area is 218 Å². The maximum Gasteiger partial charge on any atom is 0.269 e. The van der Waals surface area contributed by atoms with Gasteiger partial charge < -0.3 is 5.32 Å². The van der Waals surface area contributed by atoms with E-state index in [2.05, 4.69) is 5.32 Å². The lowest BCUT2D eigenvalue weighted by atomic mass is 10.1. The topological polar surface area (TPSA) is 73.2 Å². The Kier molecular flexibility index (Phi) is 7.51. The quantitative estimate of drug-likeness (QED) is 0.300. The lowest BCUT2D eigenvalue weighted by molar-refractivity contribution is -0.117. The molecule has 1 atom stereocenters. The molecule has 1 fully saturated rings. The zero-order chi connectivity index (χ0) is 25.1. The van der Waals surface area contributed by atoms with Crippen LogP contribution in [0.1, 0.15) is 16.7 Å². The van der Waals surface area contributed by atoms with Crippen LogP contribution in [0.2, 0.25) is 10.0 Å². The molecule has 3 aromatic rings. The monoisotopic (exact) mass is 521 g/mol. The summed E-state index contributed by atoms with van der Waals surface area (Å²) in [7, 11) is 0. The van der Waals surface area contributed by atoms with Crippen molar-refractivity contribution in [1.82, 2.24) is 0 Å². The van der Waals surface area contributed by atoms with E-state index in [9.17, 15) is 14.9 Å². The molecule has 2 amide bonds. The molecule has 176 valence electrons. The molecule has 1 saturated heterocycles. The van der Waals surface area contributed by atoms with Gasteiger partial charge in [-0.15, -0.1) is 0 Å². The molecule has 0 aromatic heterocycles. The van der Waals surface area contributed by atoms with Crippen molar-refractivity contribution in [3.63, 3.8) is 0 Å². The molecule has 0 spiro atoms. The summed E-state index contributed by atoms with van der Waals surface area (Å²) in [5, 5.41) is 13.6. The van der Waals surface area contributed by atoms with E-state index in [-0.39, 0.29) is 16.5 Å². The Balaban J connectivity index is 1.74. The van der Waals surface area contributed by atoms with E-state index in [0.29, 0.717) is 27.8 Å². The van der Waals surface area contributed by atoms with Gasteiger partial charge in [0.15, 0.2) is 0 Å². The highest BCUT2D eigenvalue weighted by Crippen LogP contribution is 2.42. The van der Waals surface area contributed by atoms with E-state index >= 15 is 0 Å². The van der Waals surface area contributed by atoms with Gasteiger partial charge in [0, 0.05) is 21.4 Å². The van der Waals surface area contributed by atoms with Crippen molar-refractivity contribution in [3.05, 3.63) is 104 Å². The number of benzene rings is 3. The Morgan fingerprint density at radius 2 is 1.83 bits per heavy atom. The summed E-state index contributed by atoms with van der Waals surface area (Å²) in [5.74, 6) is -0.807. The third-order valence-electron chi connectivity index (χ3n) is 5.79. The van der Waals surface area contributed by atoms with Crippen molar-refractivity contribution in [1.29, 1.82) is 5.26 Å². The lowest BCUT2D eigenvalue weighted by Crippen LogP contribution is -2.31. The molecular formula is C27H21Cl2N3O2S. The number of nitrogens with one attached hydrogen (secondary N) is 1. The van der Waals surface area contributed by atoms with Crippen molar-refractivity contribution in [3.8, 4) is 6.07 Å². The number of hydrogen-bond donors (Lipinski definition) is 1. The van der Waals surface area contributed by atoms with E-state index in [1.165, 1.54) is 16.7 Å². The molecular weight excluding hydrogens is 501 g/mol. The molecule has 0 bridgehead atoms. The summed E-state index contributed by atoms with van der Waals surface area (Å²) in [4.78, 5) is 28.3. The van der Waals surface area contributed by atoms with Crippen molar-refractivity contribution in [2.24, 2.45) is 0 Å². The van der Waals surface area contributed by atoms with Gasteiger partial charge in [-0.1, -0.05) is 65.3 Å². The first kappa shape index (κ1) is 24.9. The van der Waals surface area contributed by atoms with Gasteiger partial charge in [0.25, 0.3) is 5.91 Å².